The van der Waals surface area contributed by atoms with Crippen molar-refractivity contribution in [1.29, 1.82) is 0 Å². The van der Waals surface area contributed by atoms with Crippen molar-refractivity contribution in [3.05, 3.63) is 45.8 Å². The number of hydrogen-bond acceptors (Lipinski definition) is 5. The quantitative estimate of drug-likeness (QED) is 0.583. The molecule has 1 N–H and O–H groups in total. The first kappa shape index (κ1) is 20.3. The zero-order chi connectivity index (χ0) is 21.8. The van der Waals surface area contributed by atoms with Crippen LogP contribution in [0.2, 0.25) is 0 Å². The van der Waals surface area contributed by atoms with Crippen LogP contribution in [-0.2, 0) is 27.4 Å². The average molecular weight is 424 g/mol. The highest BCUT2D eigenvalue weighted by Crippen LogP contribution is 2.62. The molecule has 31 heavy (non-hydrogen) atoms. The van der Waals surface area contributed by atoms with Crippen LogP contribution in [0.4, 0.5) is 0 Å². The first-order valence-electron chi connectivity index (χ1n) is 11.3. The molecule has 0 aliphatic heterocycles. The van der Waals surface area contributed by atoms with Gasteiger partial charge in [-0.25, -0.2) is 4.79 Å². The number of benzene rings is 1. The summed E-state index contributed by atoms with van der Waals surface area (Å²) in [4.78, 5) is 37.3. The average Bonchev–Trinajstić information content (AvgIpc) is 2.69. The Morgan fingerprint density at radius 2 is 1.90 bits per heavy atom. The molecule has 2 atom stereocenters. The van der Waals surface area contributed by atoms with Crippen LogP contribution in [0.5, 0.6) is 0 Å². The third kappa shape index (κ3) is 3.56. The smallest absolute Gasteiger partial charge is 0.336 e. The summed E-state index contributed by atoms with van der Waals surface area (Å²) in [6.45, 7) is 3.65. The summed E-state index contributed by atoms with van der Waals surface area (Å²) in [7, 11) is 0. The second kappa shape index (κ2) is 7.21. The lowest BCUT2D eigenvalue weighted by atomic mass is 9.47. The van der Waals surface area contributed by atoms with Gasteiger partial charge in [-0.1, -0.05) is 19.1 Å². The summed E-state index contributed by atoms with van der Waals surface area (Å²) < 4.78 is 11.2. The molecular weight excluding hydrogens is 394 g/mol. The number of hydrogen-bond donors (Lipinski definition) is 1. The fourth-order valence-corrected chi connectivity index (χ4v) is 6.93. The molecule has 0 spiro atoms. The Hall–Kier alpha value is -2.63. The minimum atomic E-state index is -0.531. The molecule has 2 unspecified atom stereocenters. The van der Waals surface area contributed by atoms with Crippen LogP contribution in [0.25, 0.3) is 11.0 Å². The predicted octanol–water partition coefficient (Wildman–Crippen LogP) is 3.87. The van der Waals surface area contributed by atoms with Crippen LogP contribution in [0, 0.1) is 17.3 Å². The normalized spacial score (nSPS) is 31.0. The fraction of sp³-hybridized carbons (Fsp3) is 0.560. The molecule has 0 saturated heterocycles. The van der Waals surface area contributed by atoms with E-state index in [1.807, 2.05) is 25.1 Å². The van der Waals surface area contributed by atoms with Crippen LogP contribution in [-0.4, -0.2) is 17.4 Å². The van der Waals surface area contributed by atoms with E-state index in [0.717, 1.165) is 49.5 Å². The fourth-order valence-electron chi connectivity index (χ4n) is 6.93. The number of rotatable bonds is 5. The van der Waals surface area contributed by atoms with Gasteiger partial charge < -0.3 is 14.5 Å². The topological polar surface area (TPSA) is 85.6 Å². The molecule has 6 heteroatoms. The van der Waals surface area contributed by atoms with E-state index >= 15 is 0 Å². The highest BCUT2D eigenvalue weighted by atomic mass is 16.5. The Balaban J connectivity index is 1.39. The van der Waals surface area contributed by atoms with Gasteiger partial charge in [0, 0.05) is 29.5 Å². The van der Waals surface area contributed by atoms with E-state index in [4.69, 9.17) is 9.15 Å². The molecule has 4 saturated carbocycles. The first-order valence-corrected chi connectivity index (χ1v) is 11.3. The van der Waals surface area contributed by atoms with Gasteiger partial charge in [0.15, 0.2) is 0 Å². The van der Waals surface area contributed by atoms with Crippen molar-refractivity contribution in [2.45, 2.75) is 70.9 Å². The summed E-state index contributed by atoms with van der Waals surface area (Å²) in [5.74, 6) is 0.692. The maximum Gasteiger partial charge on any atom is 0.336 e. The number of esters is 1. The molecule has 4 bridgehead atoms. The molecule has 6 rings (SSSR count). The number of carbonyl (C=O) groups excluding carboxylic acids is 2. The Kier molecular flexibility index (Phi) is 4.72. The van der Waals surface area contributed by atoms with E-state index in [1.54, 1.807) is 6.92 Å². The van der Waals surface area contributed by atoms with Crippen molar-refractivity contribution in [2.24, 2.45) is 17.3 Å². The van der Waals surface area contributed by atoms with Crippen LogP contribution >= 0.6 is 0 Å². The largest absolute Gasteiger partial charge is 0.460 e. The van der Waals surface area contributed by atoms with E-state index in [2.05, 4.69) is 5.32 Å². The molecule has 0 radical (unpaired) electrons. The third-order valence-corrected chi connectivity index (χ3v) is 7.60. The van der Waals surface area contributed by atoms with E-state index < -0.39 is 11.0 Å². The number of aryl methyl sites for hydroxylation is 1. The Labute approximate surface area is 181 Å². The van der Waals surface area contributed by atoms with E-state index in [9.17, 15) is 14.4 Å². The predicted molar refractivity (Wildman–Crippen MR) is 115 cm³/mol. The number of ether oxygens (including phenoxy) is 1. The number of fused-ring (bicyclic) bond motifs is 1. The molecule has 1 amide bonds. The highest BCUT2D eigenvalue weighted by Gasteiger charge is 2.61. The minimum absolute atomic E-state index is 0.0283. The molecule has 1 aromatic heterocycles. The summed E-state index contributed by atoms with van der Waals surface area (Å²) in [6, 6.07) is 7.22. The lowest BCUT2D eigenvalue weighted by Gasteiger charge is -2.60. The second-order valence-electron chi connectivity index (χ2n) is 10.1. The van der Waals surface area contributed by atoms with E-state index in [0.29, 0.717) is 29.4 Å². The van der Waals surface area contributed by atoms with Crippen molar-refractivity contribution >= 4 is 22.8 Å². The zero-order valence-corrected chi connectivity index (χ0v) is 18.2. The van der Waals surface area contributed by atoms with Crippen LogP contribution in [0.15, 0.2) is 33.5 Å². The van der Waals surface area contributed by atoms with Gasteiger partial charge in [-0.15, -0.1) is 0 Å². The van der Waals surface area contributed by atoms with Gasteiger partial charge in [-0.3, -0.25) is 9.59 Å². The van der Waals surface area contributed by atoms with Gasteiger partial charge >= 0.3 is 11.6 Å². The molecule has 4 aliphatic rings. The molecule has 2 aromatic rings. The second-order valence-corrected chi connectivity index (χ2v) is 10.1. The first-order chi connectivity index (χ1) is 14.8. The Bertz CT molecular complexity index is 1100. The maximum absolute atomic E-state index is 13.4. The lowest BCUT2D eigenvalue weighted by Crippen LogP contribution is -2.64. The molecule has 1 aromatic carbocycles. The molecule has 4 aliphatic carbocycles. The van der Waals surface area contributed by atoms with Crippen LogP contribution < -0.4 is 10.9 Å². The van der Waals surface area contributed by atoms with Gasteiger partial charge in [-0.05, 0) is 68.4 Å². The van der Waals surface area contributed by atoms with Crippen molar-refractivity contribution in [3.63, 3.8) is 0 Å². The standard InChI is InChI=1S/C25H29NO5/c1-3-16-4-5-20-19(8-22(28)31-21(20)7-16)13-30-23(29)24-9-17-6-18(10-24)12-25(11-17,14-24)26-15(2)27/h4-5,7-8,17-18H,3,6,9-14H2,1-2H3,(H,26,27). The van der Waals surface area contributed by atoms with Crippen LogP contribution in [0.3, 0.4) is 0 Å². The van der Waals surface area contributed by atoms with Crippen molar-refractivity contribution < 1.29 is 18.7 Å². The maximum atomic E-state index is 13.4. The Morgan fingerprint density at radius 1 is 1.16 bits per heavy atom. The Morgan fingerprint density at radius 3 is 2.58 bits per heavy atom. The molecule has 6 nitrogen and oxygen atoms in total. The monoisotopic (exact) mass is 423 g/mol. The van der Waals surface area contributed by atoms with E-state index in [-0.39, 0.29) is 24.0 Å². The molecule has 164 valence electrons. The molecule has 1 heterocycles. The van der Waals surface area contributed by atoms with E-state index in [1.165, 1.54) is 6.07 Å². The summed E-state index contributed by atoms with van der Waals surface area (Å²) in [6.07, 6.45) is 6.23. The minimum Gasteiger partial charge on any atom is -0.460 e. The SMILES string of the molecule is CCc1ccc2c(COC(=O)C34CC5CC(CC(NC(C)=O)(C5)C3)C4)cc(=O)oc2c1. The lowest BCUT2D eigenvalue weighted by molar-refractivity contribution is -0.177. The molecular formula is C25H29NO5. The number of amides is 1. The van der Waals surface area contributed by atoms with Gasteiger partial charge in [0.25, 0.3) is 0 Å². The van der Waals surface area contributed by atoms with Crippen molar-refractivity contribution in [1.82, 2.24) is 5.32 Å². The van der Waals surface area contributed by atoms with Crippen LogP contribution in [0.1, 0.15) is 63.5 Å². The van der Waals surface area contributed by atoms with Crippen molar-refractivity contribution in [3.8, 4) is 0 Å². The van der Waals surface area contributed by atoms with Gasteiger partial charge in [0.2, 0.25) is 5.91 Å². The summed E-state index contributed by atoms with van der Waals surface area (Å²) in [5.41, 5.74) is 1.04. The number of carbonyl (C=O) groups is 2. The van der Waals surface area contributed by atoms with Gasteiger partial charge in [0.05, 0.1) is 5.41 Å². The summed E-state index contributed by atoms with van der Waals surface area (Å²) >= 11 is 0. The highest BCUT2D eigenvalue weighted by molar-refractivity contribution is 5.82. The molecule has 4 fully saturated rings. The van der Waals surface area contributed by atoms with Gasteiger partial charge in [-0.2, -0.15) is 0 Å². The van der Waals surface area contributed by atoms with Crippen molar-refractivity contribution in [2.75, 3.05) is 0 Å². The third-order valence-electron chi connectivity index (χ3n) is 7.60. The number of nitrogens with one attached hydrogen (secondary N) is 1. The zero-order valence-electron chi connectivity index (χ0n) is 18.2. The van der Waals surface area contributed by atoms with Gasteiger partial charge in [0.1, 0.15) is 12.2 Å². The summed E-state index contributed by atoms with van der Waals surface area (Å²) in [5, 5.41) is 3.98.